The molecule has 1 fully saturated rings. The van der Waals surface area contributed by atoms with Crippen molar-refractivity contribution in [3.05, 3.63) is 86.8 Å². The van der Waals surface area contributed by atoms with Gasteiger partial charge in [0.15, 0.2) is 11.7 Å². The molecule has 1 aliphatic heterocycles. The van der Waals surface area contributed by atoms with Crippen LogP contribution in [0.2, 0.25) is 0 Å². The van der Waals surface area contributed by atoms with Gasteiger partial charge in [0.1, 0.15) is 6.54 Å². The number of ether oxygens (including phenoxy) is 1. The molecule has 0 aliphatic carbocycles. The van der Waals surface area contributed by atoms with Crippen LogP contribution in [0.25, 0.3) is 6.08 Å². The topological polar surface area (TPSA) is 46.5 Å². The summed E-state index contributed by atoms with van der Waals surface area (Å²) in [6.45, 7) is 2.60. The number of aliphatic hydroxyl groups is 1. The molecule has 2 unspecified atom stereocenters. The maximum Gasteiger partial charge on any atom is 0.339 e. The van der Waals surface area contributed by atoms with Crippen LogP contribution in [0.5, 0.6) is 0 Å². The van der Waals surface area contributed by atoms with Crippen molar-refractivity contribution in [2.24, 2.45) is 0 Å². The summed E-state index contributed by atoms with van der Waals surface area (Å²) in [5, 5.41) is 15.3. The zero-order chi connectivity index (χ0) is 22.4. The van der Waals surface area contributed by atoms with Crippen LogP contribution in [0.15, 0.2) is 71.4 Å². The Morgan fingerprint density at radius 3 is 2.34 bits per heavy atom. The van der Waals surface area contributed by atoms with Crippen LogP contribution in [0.3, 0.4) is 0 Å². The smallest absolute Gasteiger partial charge is 0.339 e. The highest BCUT2D eigenvalue weighted by Crippen LogP contribution is 2.28. The average molecular weight is 469 g/mol. The first-order valence-corrected chi connectivity index (χ1v) is 12.7. The molecule has 2 aromatic heterocycles. The highest BCUT2D eigenvalue weighted by atomic mass is 32.1. The number of carbonyl (C=O) groups is 1. The first kappa shape index (κ1) is 22.9. The van der Waals surface area contributed by atoms with E-state index in [1.54, 1.807) is 22.7 Å². The average Bonchev–Trinajstić information content (AvgIpc) is 3.53. The normalized spacial score (nSPS) is 21.2. The molecule has 0 radical (unpaired) electrons. The second-order valence-corrected chi connectivity index (χ2v) is 10.9. The van der Waals surface area contributed by atoms with Crippen LogP contribution in [0.1, 0.15) is 21.7 Å². The molecule has 0 saturated carbocycles. The lowest BCUT2D eigenvalue weighted by Crippen LogP contribution is -2.47. The third-order valence-electron chi connectivity index (χ3n) is 6.04. The number of hydrogen-bond donors (Lipinski definition) is 1. The van der Waals surface area contributed by atoms with E-state index in [-0.39, 0.29) is 18.9 Å². The van der Waals surface area contributed by atoms with E-state index < -0.39 is 11.6 Å². The maximum absolute atomic E-state index is 13.2. The SMILES string of the molecule is C[N+]1(C/C=C/c2ccccc2)CCC(OC(=O)C(O)(Cc2cccs2)Cc2cccs2)C1. The van der Waals surface area contributed by atoms with E-state index >= 15 is 0 Å². The van der Waals surface area contributed by atoms with Crippen molar-refractivity contribution in [1.29, 1.82) is 0 Å². The van der Waals surface area contributed by atoms with Gasteiger partial charge in [0.05, 0.1) is 20.1 Å². The molecule has 1 saturated heterocycles. The van der Waals surface area contributed by atoms with Gasteiger partial charge in [-0.25, -0.2) is 4.79 Å². The Kier molecular flexibility index (Phi) is 7.26. The van der Waals surface area contributed by atoms with Gasteiger partial charge in [-0.05, 0) is 34.5 Å². The highest BCUT2D eigenvalue weighted by molar-refractivity contribution is 7.10. The van der Waals surface area contributed by atoms with E-state index in [1.807, 2.05) is 53.2 Å². The molecule has 6 heteroatoms. The molecule has 1 aliphatic rings. The Bertz CT molecular complexity index is 979. The van der Waals surface area contributed by atoms with Crippen LogP contribution in [0.4, 0.5) is 0 Å². The summed E-state index contributed by atoms with van der Waals surface area (Å²) in [4.78, 5) is 15.2. The number of esters is 1. The van der Waals surface area contributed by atoms with Crippen molar-refractivity contribution in [3.63, 3.8) is 0 Å². The maximum atomic E-state index is 13.2. The minimum absolute atomic E-state index is 0.171. The van der Waals surface area contributed by atoms with Crippen LogP contribution < -0.4 is 0 Å². The van der Waals surface area contributed by atoms with E-state index in [1.165, 1.54) is 5.56 Å². The zero-order valence-electron chi connectivity index (χ0n) is 18.4. The summed E-state index contributed by atoms with van der Waals surface area (Å²) in [6, 6.07) is 18.1. The van der Waals surface area contributed by atoms with Gasteiger partial charge >= 0.3 is 5.97 Å². The van der Waals surface area contributed by atoms with Gasteiger partial charge in [-0.15, -0.1) is 22.7 Å². The van der Waals surface area contributed by atoms with E-state index in [0.29, 0.717) is 0 Å². The number of hydrogen-bond acceptors (Lipinski definition) is 5. The van der Waals surface area contributed by atoms with Crippen molar-refractivity contribution in [3.8, 4) is 0 Å². The predicted octanol–water partition coefficient (Wildman–Crippen LogP) is 4.80. The summed E-state index contributed by atoms with van der Waals surface area (Å²) >= 11 is 3.11. The van der Waals surface area contributed by atoms with Crippen LogP contribution in [-0.2, 0) is 22.4 Å². The fourth-order valence-electron chi connectivity index (χ4n) is 4.27. The van der Waals surface area contributed by atoms with Gasteiger partial charge in [0.25, 0.3) is 0 Å². The Balaban J connectivity index is 1.38. The molecule has 0 spiro atoms. The van der Waals surface area contributed by atoms with Gasteiger partial charge in [0, 0.05) is 29.0 Å². The van der Waals surface area contributed by atoms with E-state index in [2.05, 4.69) is 31.3 Å². The zero-order valence-corrected chi connectivity index (χ0v) is 20.0. The molecule has 1 aromatic carbocycles. The molecule has 2 atom stereocenters. The summed E-state index contributed by atoms with van der Waals surface area (Å²) in [7, 11) is 2.20. The van der Waals surface area contributed by atoms with Gasteiger partial charge in [0.2, 0.25) is 0 Å². The lowest BCUT2D eigenvalue weighted by molar-refractivity contribution is -0.893. The predicted molar refractivity (Wildman–Crippen MR) is 132 cm³/mol. The fraction of sp³-hybridized carbons (Fsp3) is 0.346. The number of likely N-dealkylation sites (N-methyl/N-ethyl adjacent to an activating group) is 1. The Labute approximate surface area is 198 Å². The van der Waals surface area contributed by atoms with Crippen molar-refractivity contribution in [1.82, 2.24) is 0 Å². The molecule has 32 heavy (non-hydrogen) atoms. The minimum atomic E-state index is -1.55. The van der Waals surface area contributed by atoms with Crippen LogP contribution in [0, 0.1) is 0 Å². The van der Waals surface area contributed by atoms with Crippen LogP contribution >= 0.6 is 22.7 Å². The van der Waals surface area contributed by atoms with Gasteiger partial charge < -0.3 is 14.3 Å². The molecule has 3 aromatic rings. The number of nitrogens with zero attached hydrogens (tertiary/aromatic N) is 1. The van der Waals surface area contributed by atoms with Crippen LogP contribution in [-0.4, -0.2) is 53.9 Å². The van der Waals surface area contributed by atoms with E-state index in [0.717, 1.165) is 40.3 Å². The lowest BCUT2D eigenvalue weighted by atomic mass is 9.93. The quantitative estimate of drug-likeness (QED) is 0.362. The molecule has 1 N–H and O–H groups in total. The molecular weight excluding hydrogens is 438 g/mol. The standard InChI is InChI=1S/C26H30NO3S2/c1-27(14-5-10-21-8-3-2-4-9-21)15-13-22(20-27)30-25(28)26(29,18-23-11-6-16-31-23)19-24-12-7-17-32-24/h2-12,16-17,22,29H,13-15,18-20H2,1H3/q+1/b10-5+. The second-order valence-electron chi connectivity index (χ2n) is 8.88. The Morgan fingerprint density at radius 1 is 1.09 bits per heavy atom. The molecular formula is C26H30NO3S2+. The number of carbonyl (C=O) groups excluding carboxylic acids is 1. The molecule has 3 heterocycles. The monoisotopic (exact) mass is 468 g/mol. The summed E-state index contributed by atoms with van der Waals surface area (Å²) in [5.74, 6) is -0.502. The first-order valence-electron chi connectivity index (χ1n) is 11.0. The summed E-state index contributed by atoms with van der Waals surface area (Å²) < 4.78 is 6.74. The Hall–Kier alpha value is -2.25. The molecule has 4 rings (SSSR count). The number of likely N-dealkylation sites (tertiary alicyclic amines) is 1. The van der Waals surface area contributed by atoms with Crippen molar-refractivity contribution < 1.29 is 19.1 Å². The number of thiophene rings is 2. The van der Waals surface area contributed by atoms with Gasteiger partial charge in [-0.1, -0.05) is 48.5 Å². The second kappa shape index (κ2) is 10.1. The number of rotatable bonds is 9. The largest absolute Gasteiger partial charge is 0.454 e. The molecule has 4 nitrogen and oxygen atoms in total. The third-order valence-corrected chi connectivity index (χ3v) is 7.79. The molecule has 0 bridgehead atoms. The lowest BCUT2D eigenvalue weighted by Gasteiger charge is -2.29. The highest BCUT2D eigenvalue weighted by Gasteiger charge is 2.43. The van der Waals surface area contributed by atoms with Crippen molar-refractivity contribution >= 4 is 34.7 Å². The Morgan fingerprint density at radius 2 is 1.75 bits per heavy atom. The third kappa shape index (κ3) is 5.95. The van der Waals surface area contributed by atoms with E-state index in [4.69, 9.17) is 4.74 Å². The van der Waals surface area contributed by atoms with Gasteiger partial charge in [-0.3, -0.25) is 0 Å². The van der Waals surface area contributed by atoms with Crippen molar-refractivity contribution in [2.45, 2.75) is 31.0 Å². The summed E-state index contributed by atoms with van der Waals surface area (Å²) in [6.07, 6.45) is 5.54. The number of quaternary nitrogens is 1. The molecule has 0 amide bonds. The number of benzene rings is 1. The van der Waals surface area contributed by atoms with Crippen molar-refractivity contribution in [2.75, 3.05) is 26.7 Å². The molecule has 168 valence electrons. The summed E-state index contributed by atoms with van der Waals surface area (Å²) in [5.41, 5.74) is -0.358. The van der Waals surface area contributed by atoms with Gasteiger partial charge in [-0.2, -0.15) is 0 Å². The first-order chi connectivity index (χ1) is 15.4. The van der Waals surface area contributed by atoms with E-state index in [9.17, 15) is 9.90 Å². The minimum Gasteiger partial charge on any atom is -0.454 e. The fourth-order valence-corrected chi connectivity index (χ4v) is 5.89.